The fourth-order valence-electron chi connectivity index (χ4n) is 4.04. The van der Waals surface area contributed by atoms with E-state index in [-0.39, 0.29) is 18.0 Å². The predicted octanol–water partition coefficient (Wildman–Crippen LogP) is 2.19. The second kappa shape index (κ2) is 7.29. The number of aryl methyl sites for hydroxylation is 1. The first-order chi connectivity index (χ1) is 14.1. The molecule has 0 radical (unpaired) electrons. The maximum atomic E-state index is 11.0. The Kier molecular flexibility index (Phi) is 4.61. The summed E-state index contributed by atoms with van der Waals surface area (Å²) in [6.07, 6.45) is 2.88. The van der Waals surface area contributed by atoms with Crippen LogP contribution in [0.1, 0.15) is 34.9 Å². The van der Waals surface area contributed by atoms with Crippen LogP contribution in [0.3, 0.4) is 0 Å². The van der Waals surface area contributed by atoms with Crippen LogP contribution in [0.4, 0.5) is 0 Å². The average Bonchev–Trinajstić information content (AvgIpc) is 3.44. The zero-order valence-electron chi connectivity index (χ0n) is 16.1. The molecule has 1 atom stereocenters. The number of nitrogens with one attached hydrogen (secondary N) is 1. The lowest BCUT2D eigenvalue weighted by Gasteiger charge is -2.33. The molecule has 7 nitrogen and oxygen atoms in total. The highest BCUT2D eigenvalue weighted by Crippen LogP contribution is 2.36. The van der Waals surface area contributed by atoms with E-state index in [1.807, 2.05) is 0 Å². The summed E-state index contributed by atoms with van der Waals surface area (Å²) in [6, 6.07) is 12.0. The number of nitrogens with zero attached hydrogens (tertiary/aromatic N) is 3. The largest absolute Gasteiger partial charge is 0.492 e. The van der Waals surface area contributed by atoms with Crippen LogP contribution in [0.2, 0.25) is 0 Å². The molecule has 1 fully saturated rings. The molecule has 0 spiro atoms. The van der Waals surface area contributed by atoms with Crippen LogP contribution >= 0.6 is 11.3 Å². The van der Waals surface area contributed by atoms with Crippen molar-refractivity contribution >= 4 is 16.3 Å². The standard InChI is InChI=1S/C21H22N4O3S/c1-13-4-6-14(7-5-13)17(24-10-8-15(26)9-11-24)18-20(27)25-21(29-18)22-19(23-25)16-3-2-12-28-16/h2-7,12,15,17,26-27H,8-11H2,1H3/p+1/t17-/m1/s1. The molecule has 0 aliphatic carbocycles. The highest BCUT2D eigenvalue weighted by atomic mass is 32.1. The fourth-order valence-corrected chi connectivity index (χ4v) is 5.18. The maximum Gasteiger partial charge on any atom is 0.235 e. The van der Waals surface area contributed by atoms with Crippen LogP contribution in [0.15, 0.2) is 47.1 Å². The van der Waals surface area contributed by atoms with Gasteiger partial charge in [-0.25, -0.2) is 0 Å². The zero-order chi connectivity index (χ0) is 20.0. The van der Waals surface area contributed by atoms with E-state index in [2.05, 4.69) is 41.3 Å². The van der Waals surface area contributed by atoms with Crippen molar-refractivity contribution in [2.75, 3.05) is 13.1 Å². The number of thiazole rings is 1. The molecular formula is C21H23N4O3S+. The third-order valence-electron chi connectivity index (χ3n) is 5.62. The van der Waals surface area contributed by atoms with Gasteiger partial charge in [0.05, 0.1) is 25.5 Å². The Labute approximate surface area is 171 Å². The summed E-state index contributed by atoms with van der Waals surface area (Å²) in [5.74, 6) is 1.16. The lowest BCUT2D eigenvalue weighted by atomic mass is 9.98. The topological polar surface area (TPSA) is 88.2 Å². The van der Waals surface area contributed by atoms with Gasteiger partial charge in [0.25, 0.3) is 0 Å². The SMILES string of the molecule is Cc1ccc([C@H](c2sc3nc(-c4ccco4)nn3c2O)[NH+]2CCC(O)CC2)cc1. The molecule has 0 amide bonds. The molecule has 1 aliphatic heterocycles. The van der Waals surface area contributed by atoms with Gasteiger partial charge in [-0.05, 0) is 19.1 Å². The van der Waals surface area contributed by atoms with E-state index in [0.717, 1.165) is 36.4 Å². The molecule has 0 bridgehead atoms. The summed E-state index contributed by atoms with van der Waals surface area (Å²) < 4.78 is 6.88. The predicted molar refractivity (Wildman–Crippen MR) is 109 cm³/mol. The Bertz CT molecular complexity index is 1110. The summed E-state index contributed by atoms with van der Waals surface area (Å²) in [5.41, 5.74) is 2.35. The third kappa shape index (κ3) is 3.33. The number of benzene rings is 1. The van der Waals surface area contributed by atoms with Gasteiger partial charge in [-0.2, -0.15) is 9.50 Å². The first kappa shape index (κ1) is 18.4. The Morgan fingerprint density at radius 1 is 1.21 bits per heavy atom. The Morgan fingerprint density at radius 3 is 2.62 bits per heavy atom. The number of aromatic nitrogens is 3. The van der Waals surface area contributed by atoms with Crippen molar-refractivity contribution in [3.8, 4) is 17.5 Å². The number of piperidine rings is 1. The van der Waals surface area contributed by atoms with Crippen LogP contribution in [-0.2, 0) is 0 Å². The maximum absolute atomic E-state index is 11.0. The molecule has 0 unspecified atom stereocenters. The van der Waals surface area contributed by atoms with Gasteiger partial charge in [-0.15, -0.1) is 5.10 Å². The molecule has 3 aromatic heterocycles. The number of aromatic hydroxyl groups is 1. The molecule has 1 aliphatic rings. The average molecular weight is 412 g/mol. The fraction of sp³-hybridized carbons (Fsp3) is 0.333. The number of aliphatic hydroxyl groups excluding tert-OH is 1. The monoisotopic (exact) mass is 411 g/mol. The van der Waals surface area contributed by atoms with E-state index in [4.69, 9.17) is 4.42 Å². The smallest absolute Gasteiger partial charge is 0.235 e. The minimum absolute atomic E-state index is 0.0244. The summed E-state index contributed by atoms with van der Waals surface area (Å²) in [4.78, 5) is 7.37. The van der Waals surface area contributed by atoms with Crippen LogP contribution < -0.4 is 4.90 Å². The Balaban J connectivity index is 1.57. The first-order valence-electron chi connectivity index (χ1n) is 9.81. The molecule has 1 saturated heterocycles. The second-order valence-corrected chi connectivity index (χ2v) is 8.64. The minimum atomic E-state index is -0.232. The molecule has 8 heteroatoms. The molecule has 3 N–H and O–H groups in total. The van der Waals surface area contributed by atoms with E-state index in [1.54, 1.807) is 18.4 Å². The molecule has 29 heavy (non-hydrogen) atoms. The van der Waals surface area contributed by atoms with Gasteiger partial charge in [-0.3, -0.25) is 0 Å². The molecule has 4 heterocycles. The van der Waals surface area contributed by atoms with Gasteiger partial charge in [0.15, 0.2) is 11.8 Å². The summed E-state index contributed by atoms with van der Waals surface area (Å²) >= 11 is 1.46. The van der Waals surface area contributed by atoms with Gasteiger partial charge in [0.2, 0.25) is 16.7 Å². The highest BCUT2D eigenvalue weighted by Gasteiger charge is 2.35. The van der Waals surface area contributed by atoms with Crippen LogP contribution in [0.25, 0.3) is 16.5 Å². The number of hydrogen-bond acceptors (Lipinski definition) is 6. The van der Waals surface area contributed by atoms with E-state index < -0.39 is 0 Å². The number of fused-ring (bicyclic) bond motifs is 1. The number of furan rings is 1. The molecule has 0 saturated carbocycles. The summed E-state index contributed by atoms with van der Waals surface area (Å²) in [6.45, 7) is 3.77. The van der Waals surface area contributed by atoms with Crippen LogP contribution in [0.5, 0.6) is 5.88 Å². The number of likely N-dealkylation sites (tertiary alicyclic amines) is 1. The number of rotatable bonds is 4. The lowest BCUT2D eigenvalue weighted by molar-refractivity contribution is -0.931. The van der Waals surface area contributed by atoms with E-state index in [9.17, 15) is 10.2 Å². The minimum Gasteiger partial charge on any atom is -0.492 e. The Hall–Kier alpha value is -2.68. The molecular weight excluding hydrogens is 388 g/mol. The van der Waals surface area contributed by atoms with Crippen molar-refractivity contribution in [3.05, 3.63) is 58.7 Å². The van der Waals surface area contributed by atoms with Gasteiger partial charge in [0.1, 0.15) is 4.88 Å². The van der Waals surface area contributed by atoms with E-state index in [0.29, 0.717) is 16.5 Å². The van der Waals surface area contributed by atoms with Crippen molar-refractivity contribution < 1.29 is 19.5 Å². The Morgan fingerprint density at radius 2 is 1.97 bits per heavy atom. The molecule has 5 rings (SSSR count). The summed E-state index contributed by atoms with van der Waals surface area (Å²) in [7, 11) is 0. The lowest BCUT2D eigenvalue weighted by Crippen LogP contribution is -3.13. The van der Waals surface area contributed by atoms with Gasteiger partial charge in [0, 0.05) is 18.4 Å². The highest BCUT2D eigenvalue weighted by molar-refractivity contribution is 7.17. The third-order valence-corrected chi connectivity index (χ3v) is 6.70. The molecule has 1 aromatic carbocycles. The van der Waals surface area contributed by atoms with Crippen LogP contribution in [0, 0.1) is 6.92 Å². The van der Waals surface area contributed by atoms with E-state index >= 15 is 0 Å². The van der Waals surface area contributed by atoms with Crippen molar-refractivity contribution in [1.29, 1.82) is 0 Å². The number of hydrogen-bond donors (Lipinski definition) is 3. The summed E-state index contributed by atoms with van der Waals surface area (Å²) in [5, 5.41) is 25.4. The van der Waals surface area contributed by atoms with Gasteiger partial charge < -0.3 is 19.5 Å². The van der Waals surface area contributed by atoms with Crippen molar-refractivity contribution in [1.82, 2.24) is 14.6 Å². The zero-order valence-corrected chi connectivity index (χ0v) is 16.9. The molecule has 150 valence electrons. The van der Waals surface area contributed by atoms with Crippen LogP contribution in [-0.4, -0.2) is 44.0 Å². The van der Waals surface area contributed by atoms with Crippen molar-refractivity contribution in [2.24, 2.45) is 0 Å². The van der Waals surface area contributed by atoms with Gasteiger partial charge >= 0.3 is 0 Å². The van der Waals surface area contributed by atoms with Crippen molar-refractivity contribution in [2.45, 2.75) is 31.9 Å². The van der Waals surface area contributed by atoms with Crippen molar-refractivity contribution in [3.63, 3.8) is 0 Å². The number of aliphatic hydroxyl groups is 1. The second-order valence-electron chi connectivity index (χ2n) is 7.63. The van der Waals surface area contributed by atoms with Gasteiger partial charge in [-0.1, -0.05) is 41.2 Å². The molecule has 4 aromatic rings. The normalized spacial score (nSPS) is 20.9. The van der Waals surface area contributed by atoms with E-state index in [1.165, 1.54) is 26.3 Å². The quantitative estimate of drug-likeness (QED) is 0.479. The number of quaternary nitrogens is 1. The first-order valence-corrected chi connectivity index (χ1v) is 10.6.